The highest BCUT2D eigenvalue weighted by molar-refractivity contribution is 5.93. The lowest BCUT2D eigenvalue weighted by molar-refractivity contribution is -0.138. The monoisotopic (exact) mass is 331 g/mol. The van der Waals surface area contributed by atoms with Gasteiger partial charge in [-0.25, -0.2) is 4.39 Å². The molecule has 0 saturated carbocycles. The average molecular weight is 331 g/mol. The van der Waals surface area contributed by atoms with Gasteiger partial charge in [-0.2, -0.15) is 5.26 Å². The average Bonchev–Trinajstić information content (AvgIpc) is 2.62. The van der Waals surface area contributed by atoms with Crippen molar-refractivity contribution < 1.29 is 14.0 Å². The van der Waals surface area contributed by atoms with Crippen molar-refractivity contribution in [2.24, 2.45) is 11.8 Å². The van der Waals surface area contributed by atoms with Gasteiger partial charge < -0.3 is 10.2 Å². The van der Waals surface area contributed by atoms with Gasteiger partial charge in [-0.05, 0) is 37.5 Å². The third kappa shape index (κ3) is 4.10. The lowest BCUT2D eigenvalue weighted by Gasteiger charge is -2.33. The highest BCUT2D eigenvalue weighted by Gasteiger charge is 2.30. The number of nitrogens with zero attached hydrogens (tertiary/aromatic N) is 2. The Labute approximate surface area is 141 Å². The lowest BCUT2D eigenvalue weighted by atomic mass is 9.95. The fourth-order valence-electron chi connectivity index (χ4n) is 2.81. The van der Waals surface area contributed by atoms with Gasteiger partial charge in [0, 0.05) is 24.7 Å². The Hall–Kier alpha value is -2.42. The first-order valence-corrected chi connectivity index (χ1v) is 8.25. The zero-order chi connectivity index (χ0) is 17.7. The van der Waals surface area contributed by atoms with Gasteiger partial charge in [0.2, 0.25) is 11.8 Å². The Bertz CT molecular complexity index is 669. The summed E-state index contributed by atoms with van der Waals surface area (Å²) in [5, 5.41) is 11.6. The zero-order valence-corrected chi connectivity index (χ0v) is 14.0. The molecule has 1 aliphatic rings. The van der Waals surface area contributed by atoms with E-state index in [1.807, 2.05) is 13.8 Å². The van der Waals surface area contributed by atoms with Crippen molar-refractivity contribution in [1.82, 2.24) is 4.90 Å². The molecule has 1 N–H and O–H groups in total. The molecule has 2 amide bonds. The van der Waals surface area contributed by atoms with Crippen LogP contribution in [-0.4, -0.2) is 29.8 Å². The van der Waals surface area contributed by atoms with Crippen LogP contribution >= 0.6 is 0 Å². The molecule has 0 spiro atoms. The number of amides is 2. The molecular weight excluding hydrogens is 309 g/mol. The molecule has 0 radical (unpaired) electrons. The van der Waals surface area contributed by atoms with E-state index in [4.69, 9.17) is 5.26 Å². The number of carbonyl (C=O) groups is 2. The topological polar surface area (TPSA) is 73.2 Å². The van der Waals surface area contributed by atoms with E-state index in [0.29, 0.717) is 25.2 Å². The quantitative estimate of drug-likeness (QED) is 0.922. The summed E-state index contributed by atoms with van der Waals surface area (Å²) in [5.41, 5.74) is 0.286. The van der Waals surface area contributed by atoms with Crippen LogP contribution in [0.15, 0.2) is 18.2 Å². The number of likely N-dealkylation sites (tertiary alicyclic amines) is 1. The predicted molar refractivity (Wildman–Crippen MR) is 88.5 cm³/mol. The van der Waals surface area contributed by atoms with E-state index in [9.17, 15) is 14.0 Å². The van der Waals surface area contributed by atoms with Crippen molar-refractivity contribution in [3.63, 3.8) is 0 Å². The van der Waals surface area contributed by atoms with Crippen LogP contribution in [0.4, 0.5) is 10.1 Å². The van der Waals surface area contributed by atoms with Crippen molar-refractivity contribution in [1.29, 1.82) is 5.26 Å². The fraction of sp³-hybridized carbons (Fsp3) is 0.500. The summed E-state index contributed by atoms with van der Waals surface area (Å²) in [6.45, 7) is 4.95. The highest BCUT2D eigenvalue weighted by atomic mass is 19.1. The Morgan fingerprint density at radius 2 is 2.25 bits per heavy atom. The maximum Gasteiger partial charge on any atom is 0.229 e. The van der Waals surface area contributed by atoms with E-state index < -0.39 is 5.82 Å². The van der Waals surface area contributed by atoms with E-state index in [0.717, 1.165) is 18.9 Å². The van der Waals surface area contributed by atoms with Crippen molar-refractivity contribution in [2.75, 3.05) is 18.4 Å². The zero-order valence-electron chi connectivity index (χ0n) is 14.0. The van der Waals surface area contributed by atoms with Crippen LogP contribution in [0.5, 0.6) is 0 Å². The minimum absolute atomic E-state index is 0.0397. The van der Waals surface area contributed by atoms with Crippen LogP contribution < -0.4 is 5.32 Å². The van der Waals surface area contributed by atoms with Crippen LogP contribution in [0, 0.1) is 29.0 Å². The second-order valence-corrected chi connectivity index (χ2v) is 6.23. The van der Waals surface area contributed by atoms with Crippen LogP contribution in [-0.2, 0) is 9.59 Å². The molecule has 128 valence electrons. The minimum atomic E-state index is -0.613. The van der Waals surface area contributed by atoms with Gasteiger partial charge in [-0.15, -0.1) is 0 Å². The lowest BCUT2D eigenvalue weighted by Crippen LogP contribution is -2.45. The molecule has 24 heavy (non-hydrogen) atoms. The fourth-order valence-corrected chi connectivity index (χ4v) is 2.81. The van der Waals surface area contributed by atoms with Crippen molar-refractivity contribution in [3.8, 4) is 6.07 Å². The number of nitriles is 1. The van der Waals surface area contributed by atoms with Crippen molar-refractivity contribution in [2.45, 2.75) is 33.1 Å². The SMILES string of the molecule is CCC(C)C(=O)N1CCCC(C(=O)Nc2ccc(F)c(C#N)c2)C1. The molecule has 2 atom stereocenters. The van der Waals surface area contributed by atoms with Gasteiger partial charge in [-0.1, -0.05) is 13.8 Å². The summed E-state index contributed by atoms with van der Waals surface area (Å²) in [4.78, 5) is 26.5. The molecule has 1 saturated heterocycles. The largest absolute Gasteiger partial charge is 0.342 e. The van der Waals surface area contributed by atoms with Crippen molar-refractivity contribution in [3.05, 3.63) is 29.6 Å². The summed E-state index contributed by atoms with van der Waals surface area (Å²) in [6.07, 6.45) is 2.27. The van der Waals surface area contributed by atoms with Gasteiger partial charge in [-0.3, -0.25) is 9.59 Å². The molecule has 2 unspecified atom stereocenters. The molecule has 0 aromatic heterocycles. The Balaban J connectivity index is 2.02. The Morgan fingerprint density at radius 3 is 2.92 bits per heavy atom. The number of hydrogen-bond donors (Lipinski definition) is 1. The smallest absolute Gasteiger partial charge is 0.229 e. The van der Waals surface area contributed by atoms with E-state index in [1.54, 1.807) is 11.0 Å². The van der Waals surface area contributed by atoms with E-state index in [2.05, 4.69) is 5.32 Å². The van der Waals surface area contributed by atoms with Crippen LogP contribution in [0.2, 0.25) is 0 Å². The van der Waals surface area contributed by atoms with Crippen LogP contribution in [0.25, 0.3) is 0 Å². The molecule has 1 aromatic rings. The molecule has 1 fully saturated rings. The summed E-state index contributed by atoms with van der Waals surface area (Å²) >= 11 is 0. The predicted octanol–water partition coefficient (Wildman–Crippen LogP) is 2.92. The first-order valence-electron chi connectivity index (χ1n) is 8.25. The molecule has 1 heterocycles. The summed E-state index contributed by atoms with van der Waals surface area (Å²) in [6, 6.07) is 5.66. The molecule has 2 rings (SSSR count). The van der Waals surface area contributed by atoms with Gasteiger partial charge in [0.25, 0.3) is 0 Å². The highest BCUT2D eigenvalue weighted by Crippen LogP contribution is 2.22. The van der Waals surface area contributed by atoms with E-state index in [1.165, 1.54) is 12.1 Å². The molecule has 1 aromatic carbocycles. The second kappa shape index (κ2) is 7.91. The Morgan fingerprint density at radius 1 is 1.50 bits per heavy atom. The number of benzene rings is 1. The number of carbonyl (C=O) groups excluding carboxylic acids is 2. The number of hydrogen-bond acceptors (Lipinski definition) is 3. The number of rotatable bonds is 4. The third-order valence-electron chi connectivity index (χ3n) is 4.49. The van der Waals surface area contributed by atoms with Gasteiger partial charge >= 0.3 is 0 Å². The number of nitrogens with one attached hydrogen (secondary N) is 1. The standard InChI is InChI=1S/C18H22FN3O2/c1-3-12(2)18(24)22-8-4-5-13(11-22)17(23)21-15-6-7-16(19)14(9-15)10-20/h6-7,9,12-13H,3-5,8,11H2,1-2H3,(H,21,23). The second-order valence-electron chi connectivity index (χ2n) is 6.23. The molecule has 0 bridgehead atoms. The summed E-state index contributed by atoms with van der Waals surface area (Å²) in [5.74, 6) is -1.06. The first-order chi connectivity index (χ1) is 11.5. The maximum absolute atomic E-state index is 13.3. The molecular formula is C18H22FN3O2. The normalized spacial score (nSPS) is 18.6. The third-order valence-corrected chi connectivity index (χ3v) is 4.49. The molecule has 0 aliphatic carbocycles. The van der Waals surface area contributed by atoms with E-state index >= 15 is 0 Å². The summed E-state index contributed by atoms with van der Waals surface area (Å²) in [7, 11) is 0. The van der Waals surface area contributed by atoms with Gasteiger partial charge in [0.15, 0.2) is 0 Å². The maximum atomic E-state index is 13.3. The summed E-state index contributed by atoms with van der Waals surface area (Å²) < 4.78 is 13.3. The molecule has 5 nitrogen and oxygen atoms in total. The number of anilines is 1. The Kier molecular flexibility index (Phi) is 5.91. The van der Waals surface area contributed by atoms with Crippen LogP contribution in [0.1, 0.15) is 38.7 Å². The van der Waals surface area contributed by atoms with E-state index in [-0.39, 0.29) is 29.2 Å². The van der Waals surface area contributed by atoms with Crippen LogP contribution in [0.3, 0.4) is 0 Å². The first kappa shape index (κ1) is 17.9. The number of piperidine rings is 1. The number of halogens is 1. The van der Waals surface area contributed by atoms with Gasteiger partial charge in [0.05, 0.1) is 11.5 Å². The van der Waals surface area contributed by atoms with Crippen molar-refractivity contribution >= 4 is 17.5 Å². The molecule has 1 aliphatic heterocycles. The minimum Gasteiger partial charge on any atom is -0.342 e. The van der Waals surface area contributed by atoms with Gasteiger partial charge in [0.1, 0.15) is 11.9 Å². The molecule has 6 heteroatoms.